The highest BCUT2D eigenvalue weighted by atomic mass is 35.5. The highest BCUT2D eigenvalue weighted by Crippen LogP contribution is 2.28. The number of hydrogen-bond acceptors (Lipinski definition) is 3. The van der Waals surface area contributed by atoms with E-state index in [9.17, 15) is 4.79 Å². The Bertz CT molecular complexity index is 630. The number of nitrogens with one attached hydrogen (secondary N) is 1. The SMILES string of the molecule is COc1cc(C)c(CC(=O)NCc2ccncc2)cc1Cl. The molecule has 0 aliphatic heterocycles. The Morgan fingerprint density at radius 3 is 2.71 bits per heavy atom. The molecule has 4 nitrogen and oxygen atoms in total. The van der Waals surface area contributed by atoms with E-state index in [0.29, 0.717) is 23.7 Å². The molecular weight excluding hydrogens is 288 g/mol. The number of aromatic nitrogens is 1. The molecule has 2 aromatic rings. The van der Waals surface area contributed by atoms with Gasteiger partial charge in [-0.25, -0.2) is 0 Å². The van der Waals surface area contributed by atoms with Crippen molar-refractivity contribution in [3.8, 4) is 5.75 Å². The van der Waals surface area contributed by atoms with Crippen LogP contribution in [0.3, 0.4) is 0 Å². The van der Waals surface area contributed by atoms with E-state index in [-0.39, 0.29) is 5.91 Å². The number of hydrogen-bond donors (Lipinski definition) is 1. The van der Waals surface area contributed by atoms with Crippen LogP contribution in [-0.4, -0.2) is 18.0 Å². The predicted molar refractivity (Wildman–Crippen MR) is 82.5 cm³/mol. The number of aryl methyl sites for hydroxylation is 1. The van der Waals surface area contributed by atoms with Crippen LogP contribution in [0.15, 0.2) is 36.7 Å². The Labute approximate surface area is 129 Å². The molecule has 5 heteroatoms. The maximum Gasteiger partial charge on any atom is 0.224 e. The van der Waals surface area contributed by atoms with Gasteiger partial charge < -0.3 is 10.1 Å². The van der Waals surface area contributed by atoms with Crippen LogP contribution in [0.1, 0.15) is 16.7 Å². The van der Waals surface area contributed by atoms with Gasteiger partial charge in [0.25, 0.3) is 0 Å². The van der Waals surface area contributed by atoms with E-state index in [1.54, 1.807) is 25.6 Å². The van der Waals surface area contributed by atoms with Crippen molar-refractivity contribution < 1.29 is 9.53 Å². The maximum absolute atomic E-state index is 12.0. The van der Waals surface area contributed by atoms with Gasteiger partial charge in [0.1, 0.15) is 5.75 Å². The van der Waals surface area contributed by atoms with Gasteiger partial charge in [0.05, 0.1) is 18.6 Å². The highest BCUT2D eigenvalue weighted by molar-refractivity contribution is 6.32. The Hall–Kier alpha value is -2.07. The quantitative estimate of drug-likeness (QED) is 0.924. The summed E-state index contributed by atoms with van der Waals surface area (Å²) in [5.74, 6) is 0.575. The third kappa shape index (κ3) is 4.20. The lowest BCUT2D eigenvalue weighted by molar-refractivity contribution is -0.120. The summed E-state index contributed by atoms with van der Waals surface area (Å²) in [6.07, 6.45) is 3.70. The topological polar surface area (TPSA) is 51.2 Å². The molecule has 1 heterocycles. The smallest absolute Gasteiger partial charge is 0.224 e. The van der Waals surface area contributed by atoms with Gasteiger partial charge in [-0.3, -0.25) is 9.78 Å². The zero-order valence-electron chi connectivity index (χ0n) is 12.0. The number of halogens is 1. The minimum absolute atomic E-state index is 0.0452. The molecule has 21 heavy (non-hydrogen) atoms. The predicted octanol–water partition coefficient (Wildman–Crippen LogP) is 2.91. The van der Waals surface area contributed by atoms with Gasteiger partial charge >= 0.3 is 0 Å². The lowest BCUT2D eigenvalue weighted by Gasteiger charge is -2.10. The summed E-state index contributed by atoms with van der Waals surface area (Å²) in [5, 5.41) is 3.40. The van der Waals surface area contributed by atoms with Crippen LogP contribution in [0.4, 0.5) is 0 Å². The van der Waals surface area contributed by atoms with Crippen LogP contribution in [0.5, 0.6) is 5.75 Å². The third-order valence-electron chi connectivity index (χ3n) is 3.20. The van der Waals surface area contributed by atoms with Crippen LogP contribution in [0, 0.1) is 6.92 Å². The molecule has 0 aliphatic rings. The van der Waals surface area contributed by atoms with E-state index >= 15 is 0 Å². The molecule has 1 amide bonds. The number of pyridine rings is 1. The Morgan fingerprint density at radius 1 is 1.33 bits per heavy atom. The maximum atomic E-state index is 12.0. The fourth-order valence-corrected chi connectivity index (χ4v) is 2.24. The molecular formula is C16H17ClN2O2. The first kappa shape index (κ1) is 15.3. The molecule has 0 fully saturated rings. The zero-order valence-corrected chi connectivity index (χ0v) is 12.8. The summed E-state index contributed by atoms with van der Waals surface area (Å²) in [7, 11) is 1.57. The summed E-state index contributed by atoms with van der Waals surface area (Å²) in [6.45, 7) is 2.43. The summed E-state index contributed by atoms with van der Waals surface area (Å²) < 4.78 is 5.15. The Morgan fingerprint density at radius 2 is 2.05 bits per heavy atom. The molecule has 0 saturated carbocycles. The molecule has 0 spiro atoms. The monoisotopic (exact) mass is 304 g/mol. The lowest BCUT2D eigenvalue weighted by Crippen LogP contribution is -2.24. The van der Waals surface area contributed by atoms with Gasteiger partial charge in [0.15, 0.2) is 0 Å². The van der Waals surface area contributed by atoms with Gasteiger partial charge in [-0.1, -0.05) is 11.6 Å². The molecule has 2 rings (SSSR count). The van der Waals surface area contributed by atoms with E-state index in [2.05, 4.69) is 10.3 Å². The van der Waals surface area contributed by atoms with Gasteiger partial charge in [-0.05, 0) is 47.9 Å². The molecule has 0 radical (unpaired) electrons. The fraction of sp³-hybridized carbons (Fsp3) is 0.250. The summed E-state index contributed by atoms with van der Waals surface area (Å²) in [4.78, 5) is 15.9. The van der Waals surface area contributed by atoms with Crippen molar-refractivity contribution in [2.45, 2.75) is 19.9 Å². The largest absolute Gasteiger partial charge is 0.495 e. The minimum atomic E-state index is -0.0452. The second-order valence-corrected chi connectivity index (χ2v) is 5.13. The first-order chi connectivity index (χ1) is 10.1. The van der Waals surface area contributed by atoms with Crippen molar-refractivity contribution in [3.05, 3.63) is 58.4 Å². The Balaban J connectivity index is 1.98. The molecule has 0 aliphatic carbocycles. The van der Waals surface area contributed by atoms with E-state index in [1.807, 2.05) is 25.1 Å². The van der Waals surface area contributed by atoms with Crippen LogP contribution in [-0.2, 0) is 17.8 Å². The van der Waals surface area contributed by atoms with Crippen molar-refractivity contribution in [2.75, 3.05) is 7.11 Å². The number of carbonyl (C=O) groups is 1. The average molecular weight is 305 g/mol. The summed E-state index contributed by atoms with van der Waals surface area (Å²) in [5.41, 5.74) is 2.89. The number of rotatable bonds is 5. The molecule has 0 unspecified atom stereocenters. The van der Waals surface area contributed by atoms with Gasteiger partial charge in [-0.15, -0.1) is 0 Å². The second kappa shape index (κ2) is 7.09. The molecule has 1 N–H and O–H groups in total. The molecule has 110 valence electrons. The second-order valence-electron chi connectivity index (χ2n) is 4.72. The van der Waals surface area contributed by atoms with Crippen LogP contribution in [0.25, 0.3) is 0 Å². The molecule has 0 saturated heterocycles. The summed E-state index contributed by atoms with van der Waals surface area (Å²) >= 11 is 6.09. The van der Waals surface area contributed by atoms with Crippen LogP contribution < -0.4 is 10.1 Å². The van der Waals surface area contributed by atoms with Crippen molar-refractivity contribution in [3.63, 3.8) is 0 Å². The van der Waals surface area contributed by atoms with Gasteiger partial charge in [-0.2, -0.15) is 0 Å². The summed E-state index contributed by atoms with van der Waals surface area (Å²) in [6, 6.07) is 7.36. The molecule has 1 aromatic heterocycles. The van der Waals surface area contributed by atoms with Crippen LogP contribution in [0.2, 0.25) is 5.02 Å². The molecule has 1 aromatic carbocycles. The number of benzene rings is 1. The standard InChI is InChI=1S/C16H17ClN2O2/c1-11-7-15(21-2)14(17)8-13(11)9-16(20)19-10-12-3-5-18-6-4-12/h3-8H,9-10H2,1-2H3,(H,19,20). The van der Waals surface area contributed by atoms with E-state index in [4.69, 9.17) is 16.3 Å². The van der Waals surface area contributed by atoms with E-state index < -0.39 is 0 Å². The van der Waals surface area contributed by atoms with Crippen molar-refractivity contribution in [2.24, 2.45) is 0 Å². The third-order valence-corrected chi connectivity index (χ3v) is 3.50. The first-order valence-corrected chi connectivity index (χ1v) is 6.96. The van der Waals surface area contributed by atoms with Crippen molar-refractivity contribution in [1.82, 2.24) is 10.3 Å². The minimum Gasteiger partial charge on any atom is -0.495 e. The van der Waals surface area contributed by atoms with Gasteiger partial charge in [0.2, 0.25) is 5.91 Å². The van der Waals surface area contributed by atoms with Gasteiger partial charge in [0, 0.05) is 18.9 Å². The number of nitrogens with zero attached hydrogens (tertiary/aromatic N) is 1. The number of carbonyl (C=O) groups excluding carboxylic acids is 1. The average Bonchev–Trinajstić information content (AvgIpc) is 2.49. The van der Waals surface area contributed by atoms with Crippen molar-refractivity contribution >= 4 is 17.5 Å². The fourth-order valence-electron chi connectivity index (χ4n) is 1.98. The van der Waals surface area contributed by atoms with Crippen molar-refractivity contribution in [1.29, 1.82) is 0 Å². The lowest BCUT2D eigenvalue weighted by atomic mass is 10.0. The normalized spacial score (nSPS) is 10.2. The number of ether oxygens (including phenoxy) is 1. The van der Waals surface area contributed by atoms with E-state index in [0.717, 1.165) is 16.7 Å². The Kier molecular flexibility index (Phi) is 5.17. The van der Waals surface area contributed by atoms with E-state index in [1.165, 1.54) is 0 Å². The number of methoxy groups -OCH3 is 1. The highest BCUT2D eigenvalue weighted by Gasteiger charge is 2.10. The first-order valence-electron chi connectivity index (χ1n) is 6.58. The van der Waals surface area contributed by atoms with Crippen LogP contribution >= 0.6 is 11.6 Å². The molecule has 0 atom stereocenters. The zero-order chi connectivity index (χ0) is 15.2. The molecule has 0 bridgehead atoms. The number of amides is 1.